The molecular formula is C20H29N5O3. The van der Waals surface area contributed by atoms with Gasteiger partial charge in [0, 0.05) is 20.1 Å². The number of anilines is 1. The number of nitrogens with one attached hydrogen (secondary N) is 1. The minimum atomic E-state index is -0.937. The first-order valence-corrected chi connectivity index (χ1v) is 9.90. The second kappa shape index (κ2) is 10.1. The van der Waals surface area contributed by atoms with Crippen molar-refractivity contribution in [2.24, 2.45) is 7.05 Å². The van der Waals surface area contributed by atoms with Gasteiger partial charge in [-0.05, 0) is 50.0 Å². The van der Waals surface area contributed by atoms with Gasteiger partial charge in [0.15, 0.2) is 5.82 Å². The number of aliphatic carboxylic acids is 1. The van der Waals surface area contributed by atoms with Crippen LogP contribution in [-0.2, 0) is 24.8 Å². The first kappa shape index (κ1) is 20.1. The molecule has 0 radical (unpaired) electrons. The Morgan fingerprint density at radius 2 is 2.11 bits per heavy atom. The van der Waals surface area contributed by atoms with Crippen LogP contribution in [0.25, 0.3) is 0 Å². The van der Waals surface area contributed by atoms with Gasteiger partial charge < -0.3 is 15.2 Å². The minimum absolute atomic E-state index is 0.174. The molecule has 2 aromatic rings. The van der Waals surface area contributed by atoms with E-state index in [-0.39, 0.29) is 6.42 Å². The third-order valence-electron chi connectivity index (χ3n) is 4.74. The van der Waals surface area contributed by atoms with Gasteiger partial charge in [0.1, 0.15) is 12.2 Å². The third kappa shape index (κ3) is 6.23. The van der Waals surface area contributed by atoms with E-state index >= 15 is 0 Å². The monoisotopic (exact) mass is 387 g/mol. The lowest BCUT2D eigenvalue weighted by molar-refractivity contribution is -0.136. The summed E-state index contributed by atoms with van der Waals surface area (Å²) in [5.74, 6) is 0.837. The normalized spacial score (nSPS) is 14.8. The third-order valence-corrected chi connectivity index (χ3v) is 4.74. The lowest BCUT2D eigenvalue weighted by Gasteiger charge is -2.26. The molecule has 0 atom stereocenters. The molecule has 1 fully saturated rings. The Morgan fingerprint density at radius 3 is 2.89 bits per heavy atom. The van der Waals surface area contributed by atoms with E-state index in [1.54, 1.807) is 11.7 Å². The van der Waals surface area contributed by atoms with Crippen molar-refractivity contribution in [3.05, 3.63) is 35.7 Å². The lowest BCUT2D eigenvalue weighted by atomic mass is 10.1. The molecule has 8 heteroatoms. The van der Waals surface area contributed by atoms with Gasteiger partial charge in [-0.1, -0.05) is 18.6 Å². The smallest absolute Gasteiger partial charge is 0.311 e. The average Bonchev–Trinajstić information content (AvgIpc) is 3.01. The number of carbonyl (C=O) groups is 1. The number of carboxylic acids is 1. The molecule has 2 N–H and O–H groups in total. The number of benzene rings is 1. The number of nitrogens with zero attached hydrogens (tertiary/aromatic N) is 4. The molecular weight excluding hydrogens is 358 g/mol. The topological polar surface area (TPSA) is 92.5 Å². The van der Waals surface area contributed by atoms with Crippen molar-refractivity contribution in [1.82, 2.24) is 19.7 Å². The van der Waals surface area contributed by atoms with Gasteiger partial charge >= 0.3 is 5.97 Å². The summed E-state index contributed by atoms with van der Waals surface area (Å²) in [6, 6.07) is 8.33. The molecule has 0 aliphatic carbocycles. The molecule has 1 saturated heterocycles. The van der Waals surface area contributed by atoms with Gasteiger partial charge in [-0.2, -0.15) is 10.1 Å². The zero-order valence-electron chi connectivity index (χ0n) is 16.4. The molecule has 1 aromatic carbocycles. The highest BCUT2D eigenvalue weighted by Crippen LogP contribution is 2.17. The van der Waals surface area contributed by atoms with Crippen LogP contribution < -0.4 is 10.1 Å². The number of rotatable bonds is 10. The van der Waals surface area contributed by atoms with Crippen molar-refractivity contribution in [2.75, 3.05) is 31.6 Å². The van der Waals surface area contributed by atoms with Crippen LogP contribution in [-0.4, -0.2) is 57.0 Å². The molecule has 0 unspecified atom stereocenters. The summed E-state index contributed by atoms with van der Waals surface area (Å²) in [5, 5.41) is 16.1. The summed E-state index contributed by atoms with van der Waals surface area (Å²) in [5.41, 5.74) is 1.29. The maximum atomic E-state index is 10.7. The van der Waals surface area contributed by atoms with Crippen molar-refractivity contribution in [3.63, 3.8) is 0 Å². The van der Waals surface area contributed by atoms with E-state index in [9.17, 15) is 4.79 Å². The van der Waals surface area contributed by atoms with Crippen molar-refractivity contribution in [3.8, 4) is 5.75 Å². The fraction of sp³-hybridized carbons (Fsp3) is 0.550. The molecule has 8 nitrogen and oxygen atoms in total. The van der Waals surface area contributed by atoms with E-state index in [2.05, 4.69) is 38.5 Å². The molecule has 152 valence electrons. The van der Waals surface area contributed by atoms with Crippen LogP contribution in [0.5, 0.6) is 5.75 Å². The first-order chi connectivity index (χ1) is 13.6. The number of ether oxygens (including phenoxy) is 1. The number of piperidine rings is 1. The predicted molar refractivity (Wildman–Crippen MR) is 107 cm³/mol. The van der Waals surface area contributed by atoms with Gasteiger partial charge in [0.2, 0.25) is 5.95 Å². The van der Waals surface area contributed by atoms with Crippen LogP contribution in [0.15, 0.2) is 24.3 Å². The highest BCUT2D eigenvalue weighted by molar-refractivity contribution is 5.69. The largest absolute Gasteiger partial charge is 0.494 e. The Labute approximate surface area is 165 Å². The van der Waals surface area contributed by atoms with E-state index in [0.29, 0.717) is 24.9 Å². The van der Waals surface area contributed by atoms with Crippen LogP contribution in [0.3, 0.4) is 0 Å². The second-order valence-electron chi connectivity index (χ2n) is 7.16. The Hall–Kier alpha value is -2.61. The SMILES string of the molecule is Cn1nc(CC(=O)O)nc1NCCCOc1cccc(CN2CCCCC2)c1. The maximum Gasteiger partial charge on any atom is 0.311 e. The van der Waals surface area contributed by atoms with E-state index < -0.39 is 5.97 Å². The standard InChI is InChI=1S/C20H29N5O3/c1-24-20(22-18(23-24)14-19(26)27)21-9-6-12-28-17-8-5-7-16(13-17)15-25-10-3-2-4-11-25/h5,7-8,13H,2-4,6,9-12,14-15H2,1H3,(H,26,27)(H,21,22,23). The molecule has 2 heterocycles. The van der Waals surface area contributed by atoms with Crippen LogP contribution in [0, 0.1) is 0 Å². The second-order valence-corrected chi connectivity index (χ2v) is 7.16. The number of carboxylic acid groups (broad SMARTS) is 1. The summed E-state index contributed by atoms with van der Waals surface area (Å²) in [6.07, 6.45) is 4.58. The van der Waals surface area contributed by atoms with Gasteiger partial charge in [-0.3, -0.25) is 9.69 Å². The summed E-state index contributed by atoms with van der Waals surface area (Å²) in [7, 11) is 1.74. The van der Waals surface area contributed by atoms with E-state index in [1.807, 2.05) is 6.07 Å². The predicted octanol–water partition coefficient (Wildman–Crippen LogP) is 2.31. The zero-order chi connectivity index (χ0) is 19.8. The maximum absolute atomic E-state index is 10.7. The fourth-order valence-electron chi connectivity index (χ4n) is 3.37. The average molecular weight is 387 g/mol. The molecule has 3 rings (SSSR count). The Balaban J connectivity index is 1.39. The summed E-state index contributed by atoms with van der Waals surface area (Å²) in [4.78, 5) is 17.4. The van der Waals surface area contributed by atoms with Gasteiger partial charge in [-0.15, -0.1) is 0 Å². The summed E-state index contributed by atoms with van der Waals surface area (Å²) < 4.78 is 7.44. The Bertz CT molecular complexity index is 771. The molecule has 28 heavy (non-hydrogen) atoms. The number of hydrogen-bond donors (Lipinski definition) is 2. The molecule has 0 spiro atoms. The van der Waals surface area contributed by atoms with Crippen LogP contribution in [0.1, 0.15) is 37.1 Å². The van der Waals surface area contributed by atoms with Crippen molar-refractivity contribution in [2.45, 2.75) is 38.6 Å². The molecule has 0 bridgehead atoms. The van der Waals surface area contributed by atoms with Crippen LogP contribution >= 0.6 is 0 Å². The number of aromatic nitrogens is 3. The molecule has 1 aromatic heterocycles. The summed E-state index contributed by atoms with van der Waals surface area (Å²) >= 11 is 0. The van der Waals surface area contributed by atoms with Crippen LogP contribution in [0.4, 0.5) is 5.95 Å². The number of hydrogen-bond acceptors (Lipinski definition) is 6. The number of likely N-dealkylation sites (tertiary alicyclic amines) is 1. The highest BCUT2D eigenvalue weighted by Gasteiger charge is 2.11. The van der Waals surface area contributed by atoms with Gasteiger partial charge in [0.25, 0.3) is 0 Å². The highest BCUT2D eigenvalue weighted by atomic mass is 16.5. The van der Waals surface area contributed by atoms with Gasteiger partial charge in [0.05, 0.1) is 6.61 Å². The minimum Gasteiger partial charge on any atom is -0.494 e. The van der Waals surface area contributed by atoms with E-state index in [1.165, 1.54) is 37.9 Å². The van der Waals surface area contributed by atoms with Crippen molar-refractivity contribution in [1.29, 1.82) is 0 Å². The molecule has 0 amide bonds. The fourth-order valence-corrected chi connectivity index (χ4v) is 3.37. The van der Waals surface area contributed by atoms with Gasteiger partial charge in [-0.25, -0.2) is 4.68 Å². The Kier molecular flexibility index (Phi) is 7.25. The molecule has 0 saturated carbocycles. The molecule has 1 aliphatic rings. The van der Waals surface area contributed by atoms with E-state index in [4.69, 9.17) is 9.84 Å². The van der Waals surface area contributed by atoms with Crippen molar-refractivity contribution < 1.29 is 14.6 Å². The first-order valence-electron chi connectivity index (χ1n) is 9.90. The lowest BCUT2D eigenvalue weighted by Crippen LogP contribution is -2.29. The van der Waals surface area contributed by atoms with Crippen molar-refractivity contribution >= 4 is 11.9 Å². The van der Waals surface area contributed by atoms with E-state index in [0.717, 1.165) is 18.7 Å². The Morgan fingerprint density at radius 1 is 1.29 bits per heavy atom. The summed E-state index contributed by atoms with van der Waals surface area (Å²) in [6.45, 7) is 4.63. The molecule has 1 aliphatic heterocycles. The zero-order valence-corrected chi connectivity index (χ0v) is 16.4. The number of aryl methyl sites for hydroxylation is 1. The van der Waals surface area contributed by atoms with Crippen LogP contribution in [0.2, 0.25) is 0 Å². The quantitative estimate of drug-likeness (QED) is 0.604.